The van der Waals surface area contributed by atoms with E-state index in [0.717, 1.165) is 11.1 Å². The van der Waals surface area contributed by atoms with E-state index in [9.17, 15) is 10.1 Å². The summed E-state index contributed by atoms with van der Waals surface area (Å²) in [7, 11) is 0. The van der Waals surface area contributed by atoms with Gasteiger partial charge in [0.05, 0.1) is 9.95 Å². The summed E-state index contributed by atoms with van der Waals surface area (Å²) in [6, 6.07) is 11.8. The number of non-ortho nitro benzene ring substituents is 1. The minimum absolute atomic E-state index is 0.0528. The summed E-state index contributed by atoms with van der Waals surface area (Å²) in [5.74, 6) is 0.607. The third-order valence-electron chi connectivity index (χ3n) is 2.67. The van der Waals surface area contributed by atoms with Crippen molar-refractivity contribution in [3.8, 4) is 5.75 Å². The largest absolute Gasteiger partial charge is 0.487 e. The van der Waals surface area contributed by atoms with Gasteiger partial charge in [-0.2, -0.15) is 0 Å². The molecule has 0 aliphatic rings. The molecule has 0 fully saturated rings. The third-order valence-corrected chi connectivity index (χ3v) is 2.97. The zero-order chi connectivity index (χ0) is 13.8. The number of hydrogen-bond donors (Lipinski definition) is 0. The Hall–Kier alpha value is -2.07. The fourth-order valence-corrected chi connectivity index (χ4v) is 1.99. The van der Waals surface area contributed by atoms with Gasteiger partial charge in [-0.05, 0) is 24.1 Å². The van der Waals surface area contributed by atoms with Gasteiger partial charge in [-0.3, -0.25) is 10.1 Å². The molecule has 0 radical (unpaired) electrons. The van der Waals surface area contributed by atoms with Gasteiger partial charge in [0.25, 0.3) is 5.69 Å². The van der Waals surface area contributed by atoms with Crippen LogP contribution in [0.1, 0.15) is 11.1 Å². The molecule has 0 amide bonds. The third kappa shape index (κ3) is 3.23. The number of rotatable bonds is 4. The maximum absolute atomic E-state index is 10.7. The zero-order valence-corrected chi connectivity index (χ0v) is 11.1. The van der Waals surface area contributed by atoms with Crippen LogP contribution in [0.4, 0.5) is 5.69 Å². The number of aryl methyl sites for hydroxylation is 1. The molecule has 0 atom stereocenters. The van der Waals surface area contributed by atoms with Crippen molar-refractivity contribution in [2.75, 3.05) is 0 Å². The maximum atomic E-state index is 10.7. The van der Waals surface area contributed by atoms with Crippen LogP contribution in [0.15, 0.2) is 42.5 Å². The fraction of sp³-hybridized carbons (Fsp3) is 0.143. The summed E-state index contributed by atoms with van der Waals surface area (Å²) >= 11 is 6.04. The normalized spacial score (nSPS) is 10.2. The fourth-order valence-electron chi connectivity index (χ4n) is 1.71. The van der Waals surface area contributed by atoms with Gasteiger partial charge in [0, 0.05) is 12.1 Å². The van der Waals surface area contributed by atoms with E-state index in [0.29, 0.717) is 10.8 Å². The van der Waals surface area contributed by atoms with Crippen molar-refractivity contribution in [1.82, 2.24) is 0 Å². The lowest BCUT2D eigenvalue weighted by molar-refractivity contribution is -0.384. The Labute approximate surface area is 115 Å². The highest BCUT2D eigenvalue weighted by atomic mass is 35.5. The standard InChI is InChI=1S/C14H12ClNO3/c1-10-4-2-7-13(15)14(10)19-9-11-5-3-6-12(8-11)16(17)18/h2-8H,9H2,1H3. The van der Waals surface area contributed by atoms with Crippen LogP contribution in [-0.2, 0) is 6.61 Å². The number of nitro benzene ring substituents is 1. The highest BCUT2D eigenvalue weighted by molar-refractivity contribution is 6.32. The van der Waals surface area contributed by atoms with E-state index in [1.807, 2.05) is 19.1 Å². The van der Waals surface area contributed by atoms with E-state index in [1.165, 1.54) is 12.1 Å². The molecule has 0 spiro atoms. The number of halogens is 1. The lowest BCUT2D eigenvalue weighted by Crippen LogP contribution is -1.98. The summed E-state index contributed by atoms with van der Waals surface area (Å²) in [4.78, 5) is 10.3. The molecule has 98 valence electrons. The summed E-state index contributed by atoms with van der Waals surface area (Å²) < 4.78 is 5.63. The molecule has 0 aromatic heterocycles. The SMILES string of the molecule is Cc1cccc(Cl)c1OCc1cccc([N+](=O)[O-])c1. The van der Waals surface area contributed by atoms with Crippen LogP contribution in [0.5, 0.6) is 5.75 Å². The van der Waals surface area contributed by atoms with Crippen molar-refractivity contribution in [2.24, 2.45) is 0 Å². The van der Waals surface area contributed by atoms with E-state index in [2.05, 4.69) is 0 Å². The number of nitrogens with zero attached hydrogens (tertiary/aromatic N) is 1. The number of hydrogen-bond acceptors (Lipinski definition) is 3. The molecule has 0 aliphatic heterocycles. The van der Waals surface area contributed by atoms with Crippen LogP contribution < -0.4 is 4.74 Å². The summed E-state index contributed by atoms with van der Waals surface area (Å²) in [5, 5.41) is 11.2. The predicted octanol–water partition coefficient (Wildman–Crippen LogP) is 4.14. The van der Waals surface area contributed by atoms with E-state index in [4.69, 9.17) is 16.3 Å². The van der Waals surface area contributed by atoms with Gasteiger partial charge >= 0.3 is 0 Å². The molecule has 0 bridgehead atoms. The summed E-state index contributed by atoms with van der Waals surface area (Å²) in [5.41, 5.74) is 1.71. The van der Waals surface area contributed by atoms with Gasteiger partial charge in [0.2, 0.25) is 0 Å². The van der Waals surface area contributed by atoms with Crippen molar-refractivity contribution in [3.05, 3.63) is 68.7 Å². The smallest absolute Gasteiger partial charge is 0.269 e. The average molecular weight is 278 g/mol. The first-order chi connectivity index (χ1) is 9.08. The summed E-state index contributed by atoms with van der Waals surface area (Å²) in [6.45, 7) is 2.14. The zero-order valence-electron chi connectivity index (χ0n) is 10.3. The monoisotopic (exact) mass is 277 g/mol. The van der Waals surface area contributed by atoms with Crippen LogP contribution in [0.3, 0.4) is 0 Å². The van der Waals surface area contributed by atoms with Crippen LogP contribution in [0.2, 0.25) is 5.02 Å². The first-order valence-corrected chi connectivity index (χ1v) is 6.07. The van der Waals surface area contributed by atoms with Gasteiger partial charge in [-0.25, -0.2) is 0 Å². The predicted molar refractivity (Wildman–Crippen MR) is 73.6 cm³/mol. The Morgan fingerprint density at radius 3 is 2.68 bits per heavy atom. The van der Waals surface area contributed by atoms with Crippen molar-refractivity contribution >= 4 is 17.3 Å². The maximum Gasteiger partial charge on any atom is 0.269 e. The van der Waals surface area contributed by atoms with Gasteiger partial charge in [0.15, 0.2) is 0 Å². The minimum Gasteiger partial charge on any atom is -0.487 e. The first kappa shape index (κ1) is 13.4. The Morgan fingerprint density at radius 1 is 1.26 bits per heavy atom. The van der Waals surface area contributed by atoms with Crippen LogP contribution in [-0.4, -0.2) is 4.92 Å². The molecule has 2 aromatic carbocycles. The molecule has 19 heavy (non-hydrogen) atoms. The Morgan fingerprint density at radius 2 is 2.00 bits per heavy atom. The lowest BCUT2D eigenvalue weighted by atomic mass is 10.2. The van der Waals surface area contributed by atoms with Gasteiger partial charge in [-0.15, -0.1) is 0 Å². The van der Waals surface area contributed by atoms with Crippen LogP contribution >= 0.6 is 11.6 Å². The molecule has 0 aliphatic carbocycles. The van der Waals surface area contributed by atoms with Gasteiger partial charge in [0.1, 0.15) is 12.4 Å². The Balaban J connectivity index is 2.15. The molecular formula is C14H12ClNO3. The van der Waals surface area contributed by atoms with E-state index < -0.39 is 4.92 Å². The molecule has 2 rings (SSSR count). The molecule has 0 N–H and O–H groups in total. The van der Waals surface area contributed by atoms with Crippen molar-refractivity contribution in [1.29, 1.82) is 0 Å². The number of benzene rings is 2. The quantitative estimate of drug-likeness (QED) is 0.623. The average Bonchev–Trinajstić information content (AvgIpc) is 2.38. The van der Waals surface area contributed by atoms with Gasteiger partial charge in [-0.1, -0.05) is 35.9 Å². The highest BCUT2D eigenvalue weighted by Crippen LogP contribution is 2.28. The Kier molecular flexibility index (Phi) is 4.02. The molecule has 5 heteroatoms. The molecule has 0 saturated heterocycles. The van der Waals surface area contributed by atoms with E-state index >= 15 is 0 Å². The van der Waals surface area contributed by atoms with Crippen LogP contribution in [0, 0.1) is 17.0 Å². The van der Waals surface area contributed by atoms with Crippen molar-refractivity contribution in [2.45, 2.75) is 13.5 Å². The molecule has 0 heterocycles. The number of para-hydroxylation sites is 1. The highest BCUT2D eigenvalue weighted by Gasteiger charge is 2.08. The van der Waals surface area contributed by atoms with Crippen LogP contribution in [0.25, 0.3) is 0 Å². The molecule has 0 unspecified atom stereocenters. The van der Waals surface area contributed by atoms with Crippen molar-refractivity contribution in [3.63, 3.8) is 0 Å². The second-order valence-corrected chi connectivity index (χ2v) is 4.51. The Bertz CT molecular complexity index is 593. The van der Waals surface area contributed by atoms with Crippen molar-refractivity contribution < 1.29 is 9.66 Å². The minimum atomic E-state index is -0.426. The molecule has 2 aromatic rings. The molecule has 0 saturated carbocycles. The number of nitro groups is 1. The van der Waals surface area contributed by atoms with E-state index in [-0.39, 0.29) is 12.3 Å². The van der Waals surface area contributed by atoms with E-state index in [1.54, 1.807) is 18.2 Å². The molecular weight excluding hydrogens is 266 g/mol. The lowest BCUT2D eigenvalue weighted by Gasteiger charge is -2.10. The summed E-state index contributed by atoms with van der Waals surface area (Å²) in [6.07, 6.45) is 0. The second-order valence-electron chi connectivity index (χ2n) is 4.10. The molecule has 4 nitrogen and oxygen atoms in total. The second kappa shape index (κ2) is 5.71. The number of ether oxygens (including phenoxy) is 1. The first-order valence-electron chi connectivity index (χ1n) is 5.69. The topological polar surface area (TPSA) is 52.4 Å². The van der Waals surface area contributed by atoms with Gasteiger partial charge < -0.3 is 4.74 Å².